The van der Waals surface area contributed by atoms with Crippen LogP contribution in [-0.4, -0.2) is 19.8 Å². The molecule has 0 saturated carbocycles. The van der Waals surface area contributed by atoms with E-state index in [1.54, 1.807) is 0 Å². The first-order valence-corrected chi connectivity index (χ1v) is 5.34. The molecule has 1 heterocycles. The third kappa shape index (κ3) is 2.62. The number of nitrogens with zero attached hydrogens (tertiary/aromatic N) is 3. The van der Waals surface area contributed by atoms with Crippen molar-refractivity contribution in [3.8, 4) is 5.69 Å². The van der Waals surface area contributed by atoms with E-state index in [9.17, 15) is 23.3 Å². The molecule has 1 aromatic heterocycles. The van der Waals surface area contributed by atoms with Crippen LogP contribution in [0.2, 0.25) is 0 Å². The van der Waals surface area contributed by atoms with Crippen LogP contribution in [0.25, 0.3) is 5.69 Å². The summed E-state index contributed by atoms with van der Waals surface area (Å²) >= 11 is 0. The van der Waals surface area contributed by atoms with Crippen LogP contribution in [0.1, 0.15) is 11.3 Å². The van der Waals surface area contributed by atoms with E-state index in [2.05, 4.69) is 5.10 Å². The van der Waals surface area contributed by atoms with E-state index >= 15 is 0 Å². The van der Waals surface area contributed by atoms with Crippen LogP contribution in [0, 0.1) is 10.1 Å². The van der Waals surface area contributed by atoms with Gasteiger partial charge in [0, 0.05) is 12.3 Å². The number of aliphatic hydroxyl groups is 1. The number of hydrogen-bond donors (Lipinski definition) is 1. The molecule has 0 aliphatic carbocycles. The SMILES string of the molecule is O=[N+]([O-])c1ccc(-n2ccc(CO)n2)cc1C(F)(F)F. The Morgan fingerprint density at radius 2 is 2.05 bits per heavy atom. The molecule has 1 aromatic carbocycles. The second-order valence-corrected chi connectivity index (χ2v) is 3.87. The van der Waals surface area contributed by atoms with Crippen molar-refractivity contribution in [3.05, 3.63) is 51.8 Å². The molecular weight excluding hydrogens is 279 g/mol. The molecule has 0 aliphatic rings. The van der Waals surface area contributed by atoms with Crippen molar-refractivity contribution in [3.63, 3.8) is 0 Å². The lowest BCUT2D eigenvalue weighted by atomic mass is 10.1. The standard InChI is InChI=1S/C11H8F3N3O3/c12-11(13,14)9-5-8(1-2-10(9)17(19)20)16-4-3-7(6-18)15-16/h1-5,18H,6H2. The van der Waals surface area contributed by atoms with Gasteiger partial charge in [0.1, 0.15) is 5.56 Å². The van der Waals surface area contributed by atoms with Gasteiger partial charge in [-0.05, 0) is 18.2 Å². The predicted octanol–water partition coefficient (Wildman–Crippen LogP) is 2.29. The van der Waals surface area contributed by atoms with E-state index in [1.165, 1.54) is 12.3 Å². The monoisotopic (exact) mass is 287 g/mol. The first-order chi connectivity index (χ1) is 9.32. The molecule has 0 unspecified atom stereocenters. The Labute approximate surface area is 110 Å². The van der Waals surface area contributed by atoms with Gasteiger partial charge in [0.05, 0.1) is 22.9 Å². The molecular formula is C11H8F3N3O3. The van der Waals surface area contributed by atoms with Crippen LogP contribution in [0.15, 0.2) is 30.5 Å². The van der Waals surface area contributed by atoms with Crippen molar-refractivity contribution in [1.82, 2.24) is 9.78 Å². The molecule has 0 spiro atoms. The molecule has 1 N–H and O–H groups in total. The second-order valence-electron chi connectivity index (χ2n) is 3.87. The molecule has 0 atom stereocenters. The van der Waals surface area contributed by atoms with E-state index in [0.717, 1.165) is 16.8 Å². The fourth-order valence-electron chi connectivity index (χ4n) is 1.64. The highest BCUT2D eigenvalue weighted by molar-refractivity contribution is 5.49. The van der Waals surface area contributed by atoms with Gasteiger partial charge >= 0.3 is 6.18 Å². The highest BCUT2D eigenvalue weighted by Crippen LogP contribution is 2.37. The van der Waals surface area contributed by atoms with Crippen LogP contribution in [0.5, 0.6) is 0 Å². The molecule has 0 aliphatic heterocycles. The Morgan fingerprint density at radius 1 is 1.35 bits per heavy atom. The molecule has 6 nitrogen and oxygen atoms in total. The summed E-state index contributed by atoms with van der Waals surface area (Å²) in [7, 11) is 0. The number of hydrogen-bond acceptors (Lipinski definition) is 4. The van der Waals surface area contributed by atoms with Gasteiger partial charge in [-0.2, -0.15) is 18.3 Å². The smallest absolute Gasteiger partial charge is 0.390 e. The lowest BCUT2D eigenvalue weighted by Gasteiger charge is -2.09. The Bertz CT molecular complexity index is 652. The molecule has 2 rings (SSSR count). The molecule has 2 aromatic rings. The largest absolute Gasteiger partial charge is 0.423 e. The number of nitro groups is 1. The van der Waals surface area contributed by atoms with E-state index in [1.807, 2.05) is 0 Å². The van der Waals surface area contributed by atoms with Crippen molar-refractivity contribution >= 4 is 5.69 Å². The third-order valence-electron chi connectivity index (χ3n) is 2.55. The number of aromatic nitrogens is 2. The number of nitro benzene ring substituents is 1. The minimum atomic E-state index is -4.84. The first-order valence-electron chi connectivity index (χ1n) is 5.34. The summed E-state index contributed by atoms with van der Waals surface area (Å²) in [5.41, 5.74) is -2.07. The molecule has 106 valence electrons. The maximum absolute atomic E-state index is 12.8. The van der Waals surface area contributed by atoms with Crippen molar-refractivity contribution in [1.29, 1.82) is 0 Å². The predicted molar refractivity (Wildman–Crippen MR) is 61.1 cm³/mol. The molecule has 0 fully saturated rings. The number of benzene rings is 1. The summed E-state index contributed by atoms with van der Waals surface area (Å²) in [5, 5.41) is 23.3. The molecule has 20 heavy (non-hydrogen) atoms. The van der Waals surface area contributed by atoms with E-state index in [4.69, 9.17) is 5.11 Å². The lowest BCUT2D eigenvalue weighted by molar-refractivity contribution is -0.388. The van der Waals surface area contributed by atoms with Gasteiger partial charge < -0.3 is 5.11 Å². The fraction of sp³-hybridized carbons (Fsp3) is 0.182. The number of rotatable bonds is 3. The fourth-order valence-corrected chi connectivity index (χ4v) is 1.64. The van der Waals surface area contributed by atoms with Crippen LogP contribution >= 0.6 is 0 Å². The summed E-state index contributed by atoms with van der Waals surface area (Å²) in [6, 6.07) is 4.00. The summed E-state index contributed by atoms with van der Waals surface area (Å²) < 4.78 is 39.5. The van der Waals surface area contributed by atoms with Crippen LogP contribution in [0.4, 0.5) is 18.9 Å². The molecule has 0 saturated heterocycles. The van der Waals surface area contributed by atoms with Gasteiger partial charge in [-0.3, -0.25) is 10.1 Å². The minimum Gasteiger partial charge on any atom is -0.390 e. The third-order valence-corrected chi connectivity index (χ3v) is 2.55. The van der Waals surface area contributed by atoms with E-state index in [0.29, 0.717) is 6.07 Å². The molecule has 9 heteroatoms. The highest BCUT2D eigenvalue weighted by Gasteiger charge is 2.38. The number of halogens is 3. The van der Waals surface area contributed by atoms with Gasteiger partial charge in [0.25, 0.3) is 5.69 Å². The van der Waals surface area contributed by atoms with Gasteiger partial charge in [-0.15, -0.1) is 0 Å². The van der Waals surface area contributed by atoms with Crippen LogP contribution in [-0.2, 0) is 12.8 Å². The summed E-state index contributed by atoms with van der Waals surface area (Å²) in [4.78, 5) is 9.53. The van der Waals surface area contributed by atoms with Gasteiger partial charge in [0.2, 0.25) is 0 Å². The lowest BCUT2D eigenvalue weighted by Crippen LogP contribution is -2.10. The Hall–Kier alpha value is -2.42. The van der Waals surface area contributed by atoms with Crippen molar-refractivity contribution in [2.75, 3.05) is 0 Å². The Balaban J connectivity index is 2.54. The minimum absolute atomic E-state index is 0.0163. The Morgan fingerprint density at radius 3 is 2.55 bits per heavy atom. The summed E-state index contributed by atoms with van der Waals surface area (Å²) in [6.07, 6.45) is -3.49. The van der Waals surface area contributed by atoms with Crippen LogP contribution in [0.3, 0.4) is 0 Å². The zero-order chi connectivity index (χ0) is 14.9. The first kappa shape index (κ1) is 14.0. The van der Waals surface area contributed by atoms with Gasteiger partial charge in [0.15, 0.2) is 0 Å². The van der Waals surface area contributed by atoms with Gasteiger partial charge in [-0.25, -0.2) is 4.68 Å². The molecule has 0 bridgehead atoms. The van der Waals surface area contributed by atoms with Crippen molar-refractivity contribution in [2.24, 2.45) is 0 Å². The van der Waals surface area contributed by atoms with Crippen LogP contribution < -0.4 is 0 Å². The van der Waals surface area contributed by atoms with Crippen molar-refractivity contribution in [2.45, 2.75) is 12.8 Å². The molecule has 0 amide bonds. The zero-order valence-corrected chi connectivity index (χ0v) is 9.83. The average Bonchev–Trinajstić information content (AvgIpc) is 2.85. The second kappa shape index (κ2) is 4.93. The maximum Gasteiger partial charge on any atom is 0.423 e. The van der Waals surface area contributed by atoms with Gasteiger partial charge in [-0.1, -0.05) is 0 Å². The highest BCUT2D eigenvalue weighted by atomic mass is 19.4. The topological polar surface area (TPSA) is 81.2 Å². The van der Waals surface area contributed by atoms with E-state index in [-0.39, 0.29) is 18.0 Å². The van der Waals surface area contributed by atoms with Crippen molar-refractivity contribution < 1.29 is 23.2 Å². The summed E-state index contributed by atoms with van der Waals surface area (Å²) in [6.45, 7) is -0.355. The van der Waals surface area contributed by atoms with E-state index < -0.39 is 22.4 Å². The molecule has 0 radical (unpaired) electrons. The zero-order valence-electron chi connectivity index (χ0n) is 9.83. The quantitative estimate of drug-likeness (QED) is 0.693. The average molecular weight is 287 g/mol. The number of alkyl halides is 3. The normalized spacial score (nSPS) is 11.6. The summed E-state index contributed by atoms with van der Waals surface area (Å²) in [5.74, 6) is 0. The maximum atomic E-state index is 12.8. The number of aliphatic hydroxyl groups excluding tert-OH is 1. The Kier molecular flexibility index (Phi) is 3.45.